The summed E-state index contributed by atoms with van der Waals surface area (Å²) in [5.74, 6) is -0.269. The monoisotopic (exact) mass is 391 g/mol. The molecule has 0 saturated carbocycles. The molecule has 0 aromatic heterocycles. The first-order chi connectivity index (χ1) is 14.1. The van der Waals surface area contributed by atoms with E-state index in [0.29, 0.717) is 11.4 Å². The molecule has 0 bridgehead atoms. The molecule has 1 atom stereocenters. The molecule has 7 nitrogen and oxygen atoms in total. The SMILES string of the molecule is CN1CCCN([C@@H]2CC(=O)N(c3ccc(N=Nc4ccccc4)cc3)C2=O)CC1. The third-order valence-electron chi connectivity index (χ3n) is 5.46. The molecular weight excluding hydrogens is 366 g/mol. The van der Waals surface area contributed by atoms with Crippen LogP contribution < -0.4 is 4.90 Å². The predicted molar refractivity (Wildman–Crippen MR) is 112 cm³/mol. The fraction of sp³-hybridized carbons (Fsp3) is 0.364. The number of carbonyl (C=O) groups is 2. The van der Waals surface area contributed by atoms with Gasteiger partial charge in [-0.25, -0.2) is 4.90 Å². The molecule has 0 unspecified atom stereocenters. The minimum Gasteiger partial charge on any atom is -0.305 e. The number of nitrogens with zero attached hydrogens (tertiary/aromatic N) is 5. The standard InChI is InChI=1S/C22H25N5O2/c1-25-12-5-13-26(15-14-25)20-16-21(28)27(22(20)29)19-10-8-18(9-11-19)24-23-17-6-3-2-4-7-17/h2-4,6-11,20H,5,12-16H2,1H3/t20-/m1/s1. The van der Waals surface area contributed by atoms with Gasteiger partial charge < -0.3 is 4.90 Å². The molecule has 2 amide bonds. The van der Waals surface area contributed by atoms with Gasteiger partial charge in [0.15, 0.2) is 0 Å². The van der Waals surface area contributed by atoms with E-state index in [9.17, 15) is 9.59 Å². The summed E-state index contributed by atoms with van der Waals surface area (Å²) in [6.07, 6.45) is 1.26. The van der Waals surface area contributed by atoms with Crippen molar-refractivity contribution in [3.05, 3.63) is 54.6 Å². The molecule has 2 aliphatic rings. The Balaban J connectivity index is 1.46. The number of hydrogen-bond acceptors (Lipinski definition) is 6. The number of azo groups is 1. The molecule has 2 fully saturated rings. The Kier molecular flexibility index (Phi) is 5.78. The van der Waals surface area contributed by atoms with Crippen LogP contribution in [0.4, 0.5) is 17.1 Å². The third kappa shape index (κ3) is 4.41. The molecule has 0 aliphatic carbocycles. The zero-order chi connectivity index (χ0) is 20.2. The molecule has 150 valence electrons. The lowest BCUT2D eigenvalue weighted by Gasteiger charge is -2.25. The van der Waals surface area contributed by atoms with Crippen molar-refractivity contribution in [2.75, 3.05) is 38.1 Å². The van der Waals surface area contributed by atoms with Gasteiger partial charge >= 0.3 is 0 Å². The van der Waals surface area contributed by atoms with Gasteiger partial charge in [-0.05, 0) is 56.4 Å². The van der Waals surface area contributed by atoms with Gasteiger partial charge in [0, 0.05) is 19.6 Å². The molecule has 2 aliphatic heterocycles. The van der Waals surface area contributed by atoms with Gasteiger partial charge in [0.05, 0.1) is 29.5 Å². The van der Waals surface area contributed by atoms with Crippen molar-refractivity contribution in [1.29, 1.82) is 0 Å². The Morgan fingerprint density at radius 1 is 0.828 bits per heavy atom. The van der Waals surface area contributed by atoms with Crippen LogP contribution >= 0.6 is 0 Å². The molecular formula is C22H25N5O2. The highest BCUT2D eigenvalue weighted by molar-refractivity contribution is 6.22. The van der Waals surface area contributed by atoms with E-state index in [1.807, 2.05) is 30.3 Å². The highest BCUT2D eigenvalue weighted by Gasteiger charge is 2.42. The average Bonchev–Trinajstić information content (AvgIpc) is 2.89. The maximum atomic E-state index is 13.0. The van der Waals surface area contributed by atoms with E-state index in [1.165, 1.54) is 4.90 Å². The van der Waals surface area contributed by atoms with Gasteiger partial charge in [-0.2, -0.15) is 10.2 Å². The highest BCUT2D eigenvalue weighted by atomic mass is 16.2. The summed E-state index contributed by atoms with van der Waals surface area (Å²) in [4.78, 5) is 31.4. The second kappa shape index (κ2) is 8.63. The topological polar surface area (TPSA) is 68.6 Å². The van der Waals surface area contributed by atoms with Crippen LogP contribution in [0.25, 0.3) is 0 Å². The van der Waals surface area contributed by atoms with E-state index < -0.39 is 0 Å². The maximum Gasteiger partial charge on any atom is 0.251 e. The smallest absolute Gasteiger partial charge is 0.251 e. The van der Waals surface area contributed by atoms with Crippen molar-refractivity contribution in [2.24, 2.45) is 10.2 Å². The van der Waals surface area contributed by atoms with Crippen molar-refractivity contribution in [3.63, 3.8) is 0 Å². The number of anilines is 1. The zero-order valence-corrected chi connectivity index (χ0v) is 16.6. The second-order valence-electron chi connectivity index (χ2n) is 7.53. The van der Waals surface area contributed by atoms with Crippen LogP contribution in [0.15, 0.2) is 64.8 Å². The summed E-state index contributed by atoms with van der Waals surface area (Å²) in [5.41, 5.74) is 2.03. The number of carbonyl (C=O) groups excluding carboxylic acids is 2. The van der Waals surface area contributed by atoms with E-state index in [4.69, 9.17) is 0 Å². The minimum absolute atomic E-state index is 0.127. The number of likely N-dealkylation sites (N-methyl/N-ethyl adjacent to an activating group) is 1. The quantitative estimate of drug-likeness (QED) is 0.592. The molecule has 2 saturated heterocycles. The van der Waals surface area contributed by atoms with Crippen molar-refractivity contribution >= 4 is 28.9 Å². The van der Waals surface area contributed by atoms with E-state index in [2.05, 4.69) is 27.1 Å². The Morgan fingerprint density at radius 2 is 1.52 bits per heavy atom. The van der Waals surface area contributed by atoms with E-state index in [0.717, 1.165) is 38.3 Å². The molecule has 0 spiro atoms. The lowest BCUT2D eigenvalue weighted by molar-refractivity contribution is -0.122. The third-order valence-corrected chi connectivity index (χ3v) is 5.46. The minimum atomic E-state index is -0.355. The molecule has 7 heteroatoms. The molecule has 29 heavy (non-hydrogen) atoms. The van der Waals surface area contributed by atoms with Crippen LogP contribution in [0.2, 0.25) is 0 Å². The normalized spacial score (nSPS) is 21.8. The summed E-state index contributed by atoms with van der Waals surface area (Å²) in [5, 5.41) is 8.40. The van der Waals surface area contributed by atoms with Gasteiger partial charge in [0.1, 0.15) is 0 Å². The maximum absolute atomic E-state index is 13.0. The van der Waals surface area contributed by atoms with Crippen LogP contribution in [0.3, 0.4) is 0 Å². The fourth-order valence-electron chi connectivity index (χ4n) is 3.83. The Morgan fingerprint density at radius 3 is 2.24 bits per heavy atom. The summed E-state index contributed by atoms with van der Waals surface area (Å²) in [7, 11) is 2.09. The first-order valence-electron chi connectivity index (χ1n) is 9.98. The number of rotatable bonds is 4. The van der Waals surface area contributed by atoms with Crippen molar-refractivity contribution in [2.45, 2.75) is 18.9 Å². The van der Waals surface area contributed by atoms with Gasteiger partial charge in [-0.1, -0.05) is 18.2 Å². The number of hydrogen-bond donors (Lipinski definition) is 0. The Hall–Kier alpha value is -2.90. The molecule has 2 aromatic rings. The van der Waals surface area contributed by atoms with Crippen molar-refractivity contribution < 1.29 is 9.59 Å². The summed E-state index contributed by atoms with van der Waals surface area (Å²) in [6.45, 7) is 3.60. The van der Waals surface area contributed by atoms with Crippen LogP contribution in [0.5, 0.6) is 0 Å². The first-order valence-corrected chi connectivity index (χ1v) is 9.98. The van der Waals surface area contributed by atoms with Crippen molar-refractivity contribution in [1.82, 2.24) is 9.80 Å². The molecule has 0 radical (unpaired) electrons. The summed E-state index contributed by atoms with van der Waals surface area (Å²) >= 11 is 0. The van der Waals surface area contributed by atoms with Crippen LogP contribution in [0.1, 0.15) is 12.8 Å². The highest BCUT2D eigenvalue weighted by Crippen LogP contribution is 2.28. The van der Waals surface area contributed by atoms with Crippen LogP contribution in [0, 0.1) is 0 Å². The average molecular weight is 391 g/mol. The largest absolute Gasteiger partial charge is 0.305 e. The Labute approximate surface area is 170 Å². The molecule has 2 aromatic carbocycles. The van der Waals surface area contributed by atoms with Gasteiger partial charge in [0.2, 0.25) is 5.91 Å². The summed E-state index contributed by atoms with van der Waals surface area (Å²) < 4.78 is 0. The lowest BCUT2D eigenvalue weighted by Crippen LogP contribution is -2.43. The molecule has 0 N–H and O–H groups in total. The van der Waals surface area contributed by atoms with Crippen LogP contribution in [-0.4, -0.2) is 60.9 Å². The van der Waals surface area contributed by atoms with Crippen molar-refractivity contribution in [3.8, 4) is 0 Å². The van der Waals surface area contributed by atoms with E-state index >= 15 is 0 Å². The van der Waals surface area contributed by atoms with E-state index in [-0.39, 0.29) is 24.3 Å². The Bertz CT molecular complexity index is 897. The fourth-order valence-corrected chi connectivity index (χ4v) is 3.83. The molecule has 2 heterocycles. The number of amides is 2. The van der Waals surface area contributed by atoms with Gasteiger partial charge in [0.25, 0.3) is 5.91 Å². The zero-order valence-electron chi connectivity index (χ0n) is 16.6. The first kappa shape index (κ1) is 19.4. The molecule has 4 rings (SSSR count). The van der Waals surface area contributed by atoms with Gasteiger partial charge in [-0.15, -0.1) is 0 Å². The van der Waals surface area contributed by atoms with E-state index in [1.54, 1.807) is 24.3 Å². The lowest BCUT2D eigenvalue weighted by atomic mass is 10.2. The van der Waals surface area contributed by atoms with Gasteiger partial charge in [-0.3, -0.25) is 14.5 Å². The number of imide groups is 1. The number of benzene rings is 2. The predicted octanol–water partition coefficient (Wildman–Crippen LogP) is 3.37. The second-order valence-corrected chi connectivity index (χ2v) is 7.53. The summed E-state index contributed by atoms with van der Waals surface area (Å²) in [6, 6.07) is 16.2. The van der Waals surface area contributed by atoms with Crippen LogP contribution in [-0.2, 0) is 9.59 Å².